The van der Waals surface area contributed by atoms with Crippen molar-refractivity contribution in [3.8, 4) is 0 Å². The third-order valence-electron chi connectivity index (χ3n) is 5.19. The number of rotatable bonds is 20. The standard InChI is InChI=1S/C22H40N2O7/c1-2-3-4-5-6-7-8-9-10-11-12-13-20(29)31-21(30)16-24-22(17-23,14-18(25)26)15-19(27)28/h24H,2-17,23H2,1H3,(H,25,26)(H,27,28). The van der Waals surface area contributed by atoms with Crippen LogP contribution in [0.4, 0.5) is 0 Å². The van der Waals surface area contributed by atoms with Gasteiger partial charge in [0.15, 0.2) is 0 Å². The molecule has 0 aliphatic carbocycles. The number of carbonyl (C=O) groups is 4. The van der Waals surface area contributed by atoms with Crippen molar-refractivity contribution in [2.24, 2.45) is 5.73 Å². The number of nitrogens with one attached hydrogen (secondary N) is 1. The van der Waals surface area contributed by atoms with E-state index in [-0.39, 0.29) is 13.0 Å². The highest BCUT2D eigenvalue weighted by atomic mass is 16.6. The average Bonchev–Trinajstić information content (AvgIpc) is 2.69. The Morgan fingerprint density at radius 2 is 1.23 bits per heavy atom. The number of esters is 2. The minimum Gasteiger partial charge on any atom is -0.481 e. The van der Waals surface area contributed by atoms with Crippen molar-refractivity contribution in [2.75, 3.05) is 13.1 Å². The molecule has 0 unspecified atom stereocenters. The Balaban J connectivity index is 3.99. The van der Waals surface area contributed by atoms with Gasteiger partial charge in [0.05, 0.1) is 24.9 Å². The molecule has 9 nitrogen and oxygen atoms in total. The molecule has 0 radical (unpaired) electrons. The largest absolute Gasteiger partial charge is 0.481 e. The summed E-state index contributed by atoms with van der Waals surface area (Å²) in [5, 5.41) is 20.5. The summed E-state index contributed by atoms with van der Waals surface area (Å²) in [6.45, 7) is 1.41. The molecule has 0 saturated heterocycles. The van der Waals surface area contributed by atoms with E-state index in [4.69, 9.17) is 20.7 Å². The van der Waals surface area contributed by atoms with Gasteiger partial charge in [-0.2, -0.15) is 0 Å². The second-order valence-electron chi connectivity index (χ2n) is 8.11. The zero-order chi connectivity index (χ0) is 23.5. The summed E-state index contributed by atoms with van der Waals surface area (Å²) in [5.41, 5.74) is 4.04. The maximum absolute atomic E-state index is 11.8. The van der Waals surface area contributed by atoms with E-state index in [0.717, 1.165) is 19.3 Å². The van der Waals surface area contributed by atoms with Crippen molar-refractivity contribution >= 4 is 23.9 Å². The molecule has 31 heavy (non-hydrogen) atoms. The topological polar surface area (TPSA) is 156 Å². The van der Waals surface area contributed by atoms with Gasteiger partial charge in [-0.3, -0.25) is 24.5 Å². The number of aliphatic carboxylic acids is 2. The van der Waals surface area contributed by atoms with Gasteiger partial charge >= 0.3 is 23.9 Å². The number of ether oxygens (including phenoxy) is 1. The Labute approximate surface area is 185 Å². The fourth-order valence-electron chi connectivity index (χ4n) is 3.39. The first kappa shape index (κ1) is 29.0. The number of carboxylic acid groups (broad SMARTS) is 2. The molecule has 0 bridgehead atoms. The number of carboxylic acids is 2. The van der Waals surface area contributed by atoms with E-state index in [1.54, 1.807) is 0 Å². The van der Waals surface area contributed by atoms with Crippen LogP contribution in [-0.2, 0) is 23.9 Å². The molecule has 9 heteroatoms. The minimum absolute atomic E-state index is 0.134. The predicted molar refractivity (Wildman–Crippen MR) is 116 cm³/mol. The van der Waals surface area contributed by atoms with Crippen molar-refractivity contribution in [1.82, 2.24) is 5.32 Å². The second kappa shape index (κ2) is 17.7. The maximum atomic E-state index is 11.8. The summed E-state index contributed by atoms with van der Waals surface area (Å²) in [5.74, 6) is -4.03. The van der Waals surface area contributed by atoms with Gasteiger partial charge in [-0.25, -0.2) is 0 Å². The van der Waals surface area contributed by atoms with Crippen LogP contribution in [0.5, 0.6) is 0 Å². The van der Waals surface area contributed by atoms with Crippen LogP contribution in [0.15, 0.2) is 0 Å². The van der Waals surface area contributed by atoms with Crippen LogP contribution in [-0.4, -0.2) is 52.7 Å². The molecule has 0 fully saturated rings. The van der Waals surface area contributed by atoms with E-state index in [9.17, 15) is 19.2 Å². The maximum Gasteiger partial charge on any atom is 0.327 e. The predicted octanol–water partition coefficient (Wildman–Crippen LogP) is 2.99. The quantitative estimate of drug-likeness (QED) is 0.126. The Bertz CT molecular complexity index is 536. The number of carbonyl (C=O) groups excluding carboxylic acids is 2. The molecule has 0 aromatic rings. The molecule has 0 aromatic heterocycles. The Kier molecular flexibility index (Phi) is 16.5. The van der Waals surface area contributed by atoms with Crippen LogP contribution in [0, 0.1) is 0 Å². The van der Waals surface area contributed by atoms with Gasteiger partial charge in [-0.05, 0) is 6.42 Å². The molecule has 5 N–H and O–H groups in total. The lowest BCUT2D eigenvalue weighted by Crippen LogP contribution is -2.55. The highest BCUT2D eigenvalue weighted by Crippen LogP contribution is 2.15. The van der Waals surface area contributed by atoms with E-state index in [2.05, 4.69) is 12.2 Å². The first-order chi connectivity index (χ1) is 14.7. The smallest absolute Gasteiger partial charge is 0.327 e. The first-order valence-corrected chi connectivity index (χ1v) is 11.4. The molecular weight excluding hydrogens is 404 g/mol. The molecule has 0 amide bonds. The normalized spacial score (nSPS) is 11.3. The lowest BCUT2D eigenvalue weighted by molar-refractivity contribution is -0.160. The van der Waals surface area contributed by atoms with Gasteiger partial charge in [-0.15, -0.1) is 0 Å². The zero-order valence-electron chi connectivity index (χ0n) is 18.8. The summed E-state index contributed by atoms with van der Waals surface area (Å²) in [4.78, 5) is 45.6. The van der Waals surface area contributed by atoms with Crippen molar-refractivity contribution < 1.29 is 34.1 Å². The summed E-state index contributed by atoms with van der Waals surface area (Å²) in [7, 11) is 0. The molecule has 0 spiro atoms. The minimum atomic E-state index is -1.49. The fraction of sp³-hybridized carbons (Fsp3) is 0.818. The molecule has 180 valence electrons. The van der Waals surface area contributed by atoms with Gasteiger partial charge in [0, 0.05) is 13.0 Å². The number of unbranched alkanes of at least 4 members (excludes halogenated alkanes) is 10. The van der Waals surface area contributed by atoms with Gasteiger partial charge in [0.2, 0.25) is 0 Å². The molecule has 0 rings (SSSR count). The lowest BCUT2D eigenvalue weighted by atomic mass is 9.91. The summed E-state index contributed by atoms with van der Waals surface area (Å²) in [6, 6.07) is 0. The third-order valence-corrected chi connectivity index (χ3v) is 5.19. The van der Waals surface area contributed by atoms with Crippen LogP contribution >= 0.6 is 0 Å². The van der Waals surface area contributed by atoms with Crippen molar-refractivity contribution in [3.63, 3.8) is 0 Å². The summed E-state index contributed by atoms with van der Waals surface area (Å²) in [6.07, 6.45) is 11.6. The van der Waals surface area contributed by atoms with Crippen LogP contribution in [0.3, 0.4) is 0 Å². The SMILES string of the molecule is CCCCCCCCCCCCCC(=O)OC(=O)CNC(CN)(CC(=O)O)CC(=O)O. The Hall–Kier alpha value is -2.00. The molecule has 0 heterocycles. The Morgan fingerprint density at radius 1 is 0.774 bits per heavy atom. The third kappa shape index (κ3) is 16.4. The second-order valence-corrected chi connectivity index (χ2v) is 8.11. The number of nitrogens with two attached hydrogens (primary N) is 1. The van der Waals surface area contributed by atoms with E-state index >= 15 is 0 Å². The van der Waals surface area contributed by atoms with Crippen LogP contribution in [0.2, 0.25) is 0 Å². The van der Waals surface area contributed by atoms with Crippen molar-refractivity contribution in [1.29, 1.82) is 0 Å². The fourth-order valence-corrected chi connectivity index (χ4v) is 3.39. The van der Waals surface area contributed by atoms with E-state index in [0.29, 0.717) is 6.42 Å². The summed E-state index contributed by atoms with van der Waals surface area (Å²) >= 11 is 0. The highest BCUT2D eigenvalue weighted by molar-refractivity contribution is 5.86. The molecule has 0 aliphatic rings. The number of hydrogen-bond donors (Lipinski definition) is 4. The van der Waals surface area contributed by atoms with E-state index < -0.39 is 48.8 Å². The van der Waals surface area contributed by atoms with Crippen molar-refractivity contribution in [2.45, 2.75) is 102 Å². The first-order valence-electron chi connectivity index (χ1n) is 11.4. The molecular formula is C22H40N2O7. The van der Waals surface area contributed by atoms with Crippen molar-refractivity contribution in [3.05, 3.63) is 0 Å². The van der Waals surface area contributed by atoms with Gasteiger partial charge in [-0.1, -0.05) is 71.1 Å². The van der Waals surface area contributed by atoms with Gasteiger partial charge in [0.25, 0.3) is 0 Å². The van der Waals surface area contributed by atoms with Crippen LogP contribution in [0.1, 0.15) is 96.8 Å². The van der Waals surface area contributed by atoms with E-state index in [1.165, 1.54) is 44.9 Å². The van der Waals surface area contributed by atoms with E-state index in [1.807, 2.05) is 0 Å². The number of hydrogen-bond acceptors (Lipinski definition) is 7. The zero-order valence-corrected chi connectivity index (χ0v) is 18.8. The lowest BCUT2D eigenvalue weighted by Gasteiger charge is -2.30. The van der Waals surface area contributed by atoms with Gasteiger partial charge < -0.3 is 20.7 Å². The van der Waals surface area contributed by atoms with Crippen LogP contribution in [0.25, 0.3) is 0 Å². The van der Waals surface area contributed by atoms with Gasteiger partial charge in [0.1, 0.15) is 0 Å². The Morgan fingerprint density at radius 3 is 1.65 bits per heavy atom. The average molecular weight is 445 g/mol. The molecule has 0 saturated carbocycles. The molecule has 0 aromatic carbocycles. The molecule has 0 atom stereocenters. The highest BCUT2D eigenvalue weighted by Gasteiger charge is 2.34. The van der Waals surface area contributed by atoms with Crippen LogP contribution < -0.4 is 11.1 Å². The monoisotopic (exact) mass is 444 g/mol. The summed E-state index contributed by atoms with van der Waals surface area (Å²) < 4.78 is 4.72. The molecule has 0 aliphatic heterocycles.